The zero-order valence-electron chi connectivity index (χ0n) is 8.93. The molecule has 2 aromatic rings. The maximum Gasteiger partial charge on any atom is 0.127 e. The van der Waals surface area contributed by atoms with E-state index in [1.54, 1.807) is 25.3 Å². The van der Waals surface area contributed by atoms with E-state index in [-0.39, 0.29) is 0 Å². The molecule has 1 radical (unpaired) electrons. The predicted octanol–water partition coefficient (Wildman–Crippen LogP) is 5.12. The van der Waals surface area contributed by atoms with Crippen molar-refractivity contribution in [1.29, 1.82) is 0 Å². The van der Waals surface area contributed by atoms with Crippen LogP contribution in [0.15, 0.2) is 30.3 Å². The zero-order valence-corrected chi connectivity index (χ0v) is 11.2. The zero-order chi connectivity index (χ0) is 12.4. The molecule has 4 heteroatoms. The highest BCUT2D eigenvalue weighted by molar-refractivity contribution is 6.41. The van der Waals surface area contributed by atoms with Gasteiger partial charge in [0.15, 0.2) is 0 Å². The van der Waals surface area contributed by atoms with Crippen molar-refractivity contribution >= 4 is 34.8 Å². The Bertz CT molecular complexity index is 529. The molecular weight excluding hydrogens is 279 g/mol. The summed E-state index contributed by atoms with van der Waals surface area (Å²) in [5.41, 5.74) is 1.61. The van der Waals surface area contributed by atoms with Crippen LogP contribution in [0.5, 0.6) is 5.75 Å². The van der Waals surface area contributed by atoms with Crippen molar-refractivity contribution in [3.63, 3.8) is 0 Å². The Balaban J connectivity index is 2.60. The highest BCUT2D eigenvalue weighted by Crippen LogP contribution is 2.38. The van der Waals surface area contributed by atoms with Crippen molar-refractivity contribution in [3.05, 3.63) is 51.5 Å². The number of rotatable bonds is 2. The van der Waals surface area contributed by atoms with Crippen LogP contribution >= 0.6 is 34.8 Å². The quantitative estimate of drug-likeness (QED) is 0.744. The molecule has 0 saturated heterocycles. The lowest BCUT2D eigenvalue weighted by Gasteiger charge is -2.09. The Morgan fingerprint density at radius 2 is 1.71 bits per heavy atom. The van der Waals surface area contributed by atoms with Crippen LogP contribution in [-0.2, 0) is 0 Å². The highest BCUT2D eigenvalue weighted by Gasteiger charge is 2.10. The van der Waals surface area contributed by atoms with E-state index < -0.39 is 0 Å². The SMILES string of the molecule is COc1[c]ccc(-c2c(Cl)cc(Cl)cc2Cl)c1. The van der Waals surface area contributed by atoms with Crippen LogP contribution < -0.4 is 4.74 Å². The largest absolute Gasteiger partial charge is 0.496 e. The van der Waals surface area contributed by atoms with Crippen LogP contribution in [-0.4, -0.2) is 7.11 Å². The van der Waals surface area contributed by atoms with Crippen molar-refractivity contribution < 1.29 is 4.74 Å². The maximum absolute atomic E-state index is 6.14. The minimum Gasteiger partial charge on any atom is -0.496 e. The Morgan fingerprint density at radius 1 is 1.06 bits per heavy atom. The highest BCUT2D eigenvalue weighted by atomic mass is 35.5. The lowest BCUT2D eigenvalue weighted by atomic mass is 10.1. The molecule has 2 aromatic carbocycles. The summed E-state index contributed by atoms with van der Waals surface area (Å²) in [6.45, 7) is 0. The number of hydrogen-bond donors (Lipinski definition) is 0. The first-order chi connectivity index (χ1) is 8.11. The Hall–Kier alpha value is -0.890. The van der Waals surface area contributed by atoms with Gasteiger partial charge in [-0.05, 0) is 29.8 Å². The molecule has 0 heterocycles. The molecule has 0 bridgehead atoms. The van der Waals surface area contributed by atoms with Crippen molar-refractivity contribution in [3.8, 4) is 16.9 Å². The molecule has 0 aliphatic rings. The fourth-order valence-corrected chi connectivity index (χ4v) is 2.57. The number of benzene rings is 2. The molecule has 0 atom stereocenters. The number of methoxy groups -OCH3 is 1. The van der Waals surface area contributed by atoms with E-state index in [0.29, 0.717) is 20.8 Å². The standard InChI is InChI=1S/C13H8Cl3O/c1-17-10-4-2-3-8(5-10)13-11(15)6-9(14)7-12(13)16/h2-3,5-7H,1H3. The van der Waals surface area contributed by atoms with Gasteiger partial charge >= 0.3 is 0 Å². The van der Waals surface area contributed by atoms with Crippen molar-refractivity contribution in [2.75, 3.05) is 7.11 Å². The molecule has 0 aromatic heterocycles. The van der Waals surface area contributed by atoms with E-state index in [1.807, 2.05) is 12.1 Å². The Morgan fingerprint density at radius 3 is 2.29 bits per heavy atom. The van der Waals surface area contributed by atoms with Crippen molar-refractivity contribution in [2.24, 2.45) is 0 Å². The molecule has 0 saturated carbocycles. The van der Waals surface area contributed by atoms with Gasteiger partial charge in [-0.1, -0.05) is 40.9 Å². The third-order valence-corrected chi connectivity index (χ3v) is 3.10. The van der Waals surface area contributed by atoms with E-state index in [9.17, 15) is 0 Å². The molecule has 1 nitrogen and oxygen atoms in total. The molecule has 17 heavy (non-hydrogen) atoms. The molecule has 0 aliphatic heterocycles. The van der Waals surface area contributed by atoms with Crippen molar-refractivity contribution in [2.45, 2.75) is 0 Å². The maximum atomic E-state index is 6.14. The van der Waals surface area contributed by atoms with Crippen LogP contribution in [0.2, 0.25) is 15.1 Å². The summed E-state index contributed by atoms with van der Waals surface area (Å²) < 4.78 is 5.11. The van der Waals surface area contributed by atoms with Gasteiger partial charge in [-0.15, -0.1) is 0 Å². The minimum absolute atomic E-state index is 0.510. The van der Waals surface area contributed by atoms with Crippen LogP contribution in [0.3, 0.4) is 0 Å². The molecule has 0 amide bonds. The van der Waals surface area contributed by atoms with E-state index >= 15 is 0 Å². The van der Waals surface area contributed by atoms with Gasteiger partial charge in [-0.3, -0.25) is 0 Å². The summed E-state index contributed by atoms with van der Waals surface area (Å²) in [4.78, 5) is 0. The summed E-state index contributed by atoms with van der Waals surface area (Å²) in [6.07, 6.45) is 0. The monoisotopic (exact) mass is 285 g/mol. The van der Waals surface area contributed by atoms with E-state index in [0.717, 1.165) is 11.1 Å². The summed E-state index contributed by atoms with van der Waals surface area (Å²) in [7, 11) is 1.58. The van der Waals surface area contributed by atoms with Gasteiger partial charge in [-0.25, -0.2) is 0 Å². The van der Waals surface area contributed by atoms with Gasteiger partial charge in [0.05, 0.1) is 17.2 Å². The fourth-order valence-electron chi connectivity index (χ4n) is 1.54. The second-order valence-corrected chi connectivity index (χ2v) is 4.64. The lowest BCUT2D eigenvalue weighted by Crippen LogP contribution is -1.86. The predicted molar refractivity (Wildman–Crippen MR) is 72.3 cm³/mol. The van der Waals surface area contributed by atoms with Gasteiger partial charge in [0.2, 0.25) is 0 Å². The van der Waals surface area contributed by atoms with Crippen LogP contribution in [0.25, 0.3) is 11.1 Å². The Labute approximate surface area is 115 Å². The Kier molecular flexibility index (Phi) is 3.82. The summed E-state index contributed by atoms with van der Waals surface area (Å²) >= 11 is 18.2. The second kappa shape index (κ2) is 5.18. The average Bonchev–Trinajstić information content (AvgIpc) is 2.28. The fraction of sp³-hybridized carbons (Fsp3) is 0.0769. The normalized spacial score (nSPS) is 10.4. The first-order valence-corrected chi connectivity index (χ1v) is 5.96. The number of hydrogen-bond acceptors (Lipinski definition) is 1. The molecule has 0 aliphatic carbocycles. The van der Waals surface area contributed by atoms with E-state index in [2.05, 4.69) is 6.07 Å². The summed E-state index contributed by atoms with van der Waals surface area (Å²) in [5.74, 6) is 0.629. The van der Waals surface area contributed by atoms with E-state index in [1.165, 1.54) is 0 Å². The lowest BCUT2D eigenvalue weighted by molar-refractivity contribution is 0.414. The third kappa shape index (κ3) is 2.68. The number of ether oxygens (including phenoxy) is 1. The van der Waals surface area contributed by atoms with Gasteiger partial charge in [0.1, 0.15) is 5.75 Å². The molecule has 87 valence electrons. The van der Waals surface area contributed by atoms with Crippen LogP contribution in [0.1, 0.15) is 0 Å². The smallest absolute Gasteiger partial charge is 0.127 e. The molecule has 0 unspecified atom stereocenters. The first kappa shape index (κ1) is 12.6. The minimum atomic E-state index is 0.510. The summed E-state index contributed by atoms with van der Waals surface area (Å²) in [5, 5.41) is 1.53. The second-order valence-electron chi connectivity index (χ2n) is 3.39. The first-order valence-electron chi connectivity index (χ1n) is 4.82. The van der Waals surface area contributed by atoms with Gasteiger partial charge < -0.3 is 4.74 Å². The van der Waals surface area contributed by atoms with E-state index in [4.69, 9.17) is 39.5 Å². The van der Waals surface area contributed by atoms with Gasteiger partial charge in [0, 0.05) is 16.7 Å². The van der Waals surface area contributed by atoms with Crippen molar-refractivity contribution in [1.82, 2.24) is 0 Å². The van der Waals surface area contributed by atoms with Crippen LogP contribution in [0.4, 0.5) is 0 Å². The molecule has 0 N–H and O–H groups in total. The molecule has 0 spiro atoms. The average molecular weight is 287 g/mol. The van der Waals surface area contributed by atoms with Crippen LogP contribution in [0, 0.1) is 6.07 Å². The molecular formula is C13H8Cl3O. The summed E-state index contributed by atoms with van der Waals surface area (Å²) in [6, 6.07) is 11.7. The number of halogens is 3. The topological polar surface area (TPSA) is 9.23 Å². The molecule has 2 rings (SSSR count). The molecule has 0 fully saturated rings. The third-order valence-electron chi connectivity index (χ3n) is 2.29. The van der Waals surface area contributed by atoms with Gasteiger partial charge in [0.25, 0.3) is 0 Å². The van der Waals surface area contributed by atoms with Gasteiger partial charge in [-0.2, -0.15) is 0 Å².